The summed E-state index contributed by atoms with van der Waals surface area (Å²) in [4.78, 5) is 70.9. The van der Waals surface area contributed by atoms with E-state index in [1.54, 1.807) is 0 Å². The first-order valence-electron chi connectivity index (χ1n) is 23.8. The van der Waals surface area contributed by atoms with Crippen molar-refractivity contribution < 1.29 is 44.4 Å². The molecule has 71 heavy (non-hydrogen) atoms. The fraction of sp³-hybridized carbons (Fsp3) is 0.291. The molecule has 4 unspecified atom stereocenters. The highest BCUT2D eigenvalue weighted by atomic mass is 33.1. The number of rotatable bonds is 16. The first kappa shape index (κ1) is 49.6. The van der Waals surface area contributed by atoms with E-state index in [9.17, 15) is 44.4 Å². The Hall–Kier alpha value is -4.97. The lowest BCUT2D eigenvalue weighted by Crippen LogP contribution is -2.34. The minimum Gasteiger partial charge on any atom is -0.478 e. The van der Waals surface area contributed by atoms with Gasteiger partial charge in [-0.05, 0) is 118 Å². The molecule has 5 aromatic carbocycles. The van der Waals surface area contributed by atoms with Crippen LogP contribution in [0.15, 0.2) is 143 Å². The molecule has 364 valence electrons. The largest absolute Gasteiger partial charge is 0.478 e. The van der Waals surface area contributed by atoms with E-state index >= 15 is 0 Å². The molecular weight excluding hydrogens is 1010 g/mol. The minimum atomic E-state index is -1.28. The van der Waals surface area contributed by atoms with Crippen molar-refractivity contribution in [2.24, 2.45) is 0 Å². The number of hydrogen-bond donors (Lipinski definition) is 5. The van der Waals surface area contributed by atoms with Crippen LogP contribution in [0.3, 0.4) is 0 Å². The van der Waals surface area contributed by atoms with E-state index in [2.05, 4.69) is 12.2 Å². The Labute approximate surface area is 435 Å². The molecule has 6 aliphatic carbocycles. The third-order valence-electron chi connectivity index (χ3n) is 14.0. The van der Waals surface area contributed by atoms with E-state index in [1.165, 1.54) is 110 Å². The zero-order valence-electron chi connectivity index (χ0n) is 38.5. The van der Waals surface area contributed by atoms with Gasteiger partial charge in [-0.1, -0.05) is 154 Å². The van der Waals surface area contributed by atoms with Crippen molar-refractivity contribution in [1.82, 2.24) is 5.32 Å². The Morgan fingerprint density at radius 1 is 0.380 bits per heavy atom. The molecule has 9 heterocycles. The summed E-state index contributed by atoms with van der Waals surface area (Å²) in [6, 6.07) is 29.0. The lowest BCUT2D eigenvalue weighted by Gasteiger charge is -2.41. The van der Waals surface area contributed by atoms with E-state index in [1.807, 2.05) is 91.0 Å². The summed E-state index contributed by atoms with van der Waals surface area (Å²) in [5.74, 6) is -8.55. The van der Waals surface area contributed by atoms with Gasteiger partial charge in [0.15, 0.2) is 0 Å². The SMILES string of the molecule is CCCCCCCCCCCCNC(=O)c1cc2cc(c1)SSc1ccc3c(c1)C1C(C(=O)O)=C(C(=O)O)C3c3cc(ccc31)SSc1ccc3c(c1)C1C(C(=O)O)=C(C(=O)O)C3c3cc(ccc31)SS2. The van der Waals surface area contributed by atoms with Gasteiger partial charge in [-0.2, -0.15) is 0 Å². The molecule has 0 aromatic heterocycles. The second-order valence-corrected chi connectivity index (χ2v) is 25.2. The molecule has 4 atom stereocenters. The van der Waals surface area contributed by atoms with Crippen molar-refractivity contribution in [1.29, 1.82) is 0 Å². The molecule has 1 amide bonds. The number of unbranched alkanes of at least 4 members (excludes halogenated alkanes) is 9. The standard InChI is InChI=1S/C55H49NO9S6/c1-2-3-4-5-6-7-8-9-10-11-20-56-51(57)28-21-33-23-34(22-28)71-69-32-15-19-38-42(27-32)46-36-17-13-30(25-40(36)44(38)48(53(60)61)50(46)55(64)65)67-66-29-12-16-35-39(24-29)43-37-18-14-31(68-70-33)26-41(37)45(35)49(54(62)63)47(43)52(58)59/h12-19,21-27,43-46H,2-11,20H2,1H3,(H,56,57)(H,58,59)(H,60,61)(H,62,63)(H,64,65). The lowest BCUT2D eigenvalue weighted by molar-refractivity contribution is -0.136. The number of benzene rings is 5. The van der Waals surface area contributed by atoms with Gasteiger partial charge in [0.05, 0.1) is 22.3 Å². The van der Waals surface area contributed by atoms with E-state index in [4.69, 9.17) is 0 Å². The third kappa shape index (κ3) is 9.72. The molecule has 0 radical (unpaired) electrons. The Morgan fingerprint density at radius 3 is 0.986 bits per heavy atom. The van der Waals surface area contributed by atoms with Gasteiger partial charge in [-0.15, -0.1) is 0 Å². The minimum absolute atomic E-state index is 0.138. The van der Waals surface area contributed by atoms with Crippen LogP contribution in [0.1, 0.15) is 150 Å². The number of aliphatic carboxylic acids is 4. The number of carboxylic acid groups (broad SMARTS) is 4. The van der Waals surface area contributed by atoms with Crippen LogP contribution < -0.4 is 5.32 Å². The number of nitrogens with one attached hydrogen (secondary N) is 1. The first-order chi connectivity index (χ1) is 34.4. The summed E-state index contributed by atoms with van der Waals surface area (Å²) in [6.45, 7) is 2.79. The number of carbonyl (C=O) groups is 5. The highest BCUT2D eigenvalue weighted by Crippen LogP contribution is 2.60. The lowest BCUT2D eigenvalue weighted by atomic mass is 9.61. The van der Waals surface area contributed by atoms with Crippen molar-refractivity contribution in [3.63, 3.8) is 0 Å². The van der Waals surface area contributed by atoms with Gasteiger partial charge in [0.2, 0.25) is 0 Å². The Balaban J connectivity index is 1.00. The van der Waals surface area contributed by atoms with E-state index in [-0.39, 0.29) is 28.2 Å². The molecule has 0 spiro atoms. The van der Waals surface area contributed by atoms with Crippen LogP contribution in [0.4, 0.5) is 0 Å². The van der Waals surface area contributed by atoms with Gasteiger partial charge in [-0.25, -0.2) is 19.2 Å². The summed E-state index contributed by atoms with van der Waals surface area (Å²) in [6.07, 6.45) is 12.0. The summed E-state index contributed by atoms with van der Waals surface area (Å²) in [5, 5.41) is 45.6. The molecule has 16 heteroatoms. The molecular formula is C55H49NO9S6. The van der Waals surface area contributed by atoms with Gasteiger partial charge < -0.3 is 25.7 Å². The maximum absolute atomic E-state index is 13.9. The maximum Gasteiger partial charge on any atom is 0.333 e. The number of amides is 1. The van der Waals surface area contributed by atoms with Gasteiger partial charge in [0.25, 0.3) is 5.91 Å². The fourth-order valence-corrected chi connectivity index (χ4v) is 17.1. The summed E-state index contributed by atoms with van der Waals surface area (Å²) in [7, 11) is 8.78. The van der Waals surface area contributed by atoms with Crippen LogP contribution in [0, 0.1) is 0 Å². The number of hydrogen-bond acceptors (Lipinski definition) is 11. The molecule has 0 fully saturated rings. The van der Waals surface area contributed by atoms with Crippen LogP contribution in [-0.4, -0.2) is 56.8 Å². The fourth-order valence-electron chi connectivity index (χ4n) is 11.0. The van der Waals surface area contributed by atoms with Crippen LogP contribution in [0.5, 0.6) is 0 Å². The van der Waals surface area contributed by atoms with Crippen molar-refractivity contribution in [2.45, 2.75) is 124 Å². The third-order valence-corrected chi connectivity index (χ3v) is 21.1. The molecule has 0 saturated heterocycles. The topological polar surface area (TPSA) is 178 Å². The highest BCUT2D eigenvalue weighted by Gasteiger charge is 2.49. The summed E-state index contributed by atoms with van der Waals surface area (Å²) in [5.41, 5.74) is 5.89. The summed E-state index contributed by atoms with van der Waals surface area (Å²) >= 11 is 0. The van der Waals surface area contributed by atoms with Crippen LogP contribution in [0.25, 0.3) is 0 Å². The monoisotopic (exact) mass is 1060 g/mol. The van der Waals surface area contributed by atoms with Crippen LogP contribution >= 0.6 is 64.8 Å². The van der Waals surface area contributed by atoms with Crippen LogP contribution in [-0.2, 0) is 19.2 Å². The Kier molecular flexibility index (Phi) is 14.8. The second kappa shape index (κ2) is 21.2. The zero-order chi connectivity index (χ0) is 49.5. The number of fused-ring (bicyclic) bond motifs is 1. The quantitative estimate of drug-likeness (QED) is 0.0465. The highest BCUT2D eigenvalue weighted by molar-refractivity contribution is 8.77. The van der Waals surface area contributed by atoms with Gasteiger partial charge in [0, 0.05) is 65.2 Å². The zero-order valence-corrected chi connectivity index (χ0v) is 43.4. The molecule has 9 aliphatic heterocycles. The molecule has 18 bridgehead atoms. The van der Waals surface area contributed by atoms with E-state index in [0.717, 1.165) is 93.1 Å². The first-order valence-corrected chi connectivity index (χ1v) is 30.3. The van der Waals surface area contributed by atoms with Crippen molar-refractivity contribution >= 4 is 94.5 Å². The summed E-state index contributed by atoms with van der Waals surface area (Å²) < 4.78 is 0. The predicted octanol–water partition coefficient (Wildman–Crippen LogP) is 14.2. The molecule has 5 N–H and O–H groups in total. The predicted molar refractivity (Wildman–Crippen MR) is 283 cm³/mol. The molecule has 0 saturated carbocycles. The maximum atomic E-state index is 13.9. The van der Waals surface area contributed by atoms with Crippen molar-refractivity contribution in [2.75, 3.05) is 6.54 Å². The molecule has 10 nitrogen and oxygen atoms in total. The second-order valence-electron chi connectivity index (χ2n) is 18.4. The Morgan fingerprint density at radius 2 is 0.676 bits per heavy atom. The van der Waals surface area contributed by atoms with Crippen LogP contribution in [0.2, 0.25) is 0 Å². The Bertz CT molecular complexity index is 2930. The molecule has 15 aliphatic rings. The number of carboxylic acids is 4. The molecule has 20 rings (SSSR count). The van der Waals surface area contributed by atoms with Crippen molar-refractivity contribution in [3.05, 3.63) is 163 Å². The van der Waals surface area contributed by atoms with Crippen molar-refractivity contribution in [3.8, 4) is 0 Å². The normalized spacial score (nSPS) is 19.2. The van der Waals surface area contributed by atoms with Gasteiger partial charge in [0.1, 0.15) is 0 Å². The average molecular weight is 1060 g/mol. The van der Waals surface area contributed by atoms with E-state index in [0.29, 0.717) is 12.1 Å². The number of carbonyl (C=O) groups excluding carboxylic acids is 1. The average Bonchev–Trinajstić information content (AvgIpc) is 3.36. The smallest absolute Gasteiger partial charge is 0.333 e. The van der Waals surface area contributed by atoms with Gasteiger partial charge in [-0.3, -0.25) is 4.79 Å². The molecule has 5 aromatic rings. The van der Waals surface area contributed by atoms with Gasteiger partial charge >= 0.3 is 23.9 Å². The van der Waals surface area contributed by atoms with E-state index < -0.39 is 47.5 Å².